The van der Waals surface area contributed by atoms with E-state index in [1.54, 1.807) is 0 Å². The van der Waals surface area contributed by atoms with Crippen molar-refractivity contribution >= 4 is 22.4 Å². The Hall–Kier alpha value is -0.740. The standard InChI is InChI=1S/C12H23N5O3S.ClH/c1-21(18,19)14-6-5-10-4-2-3-7-17(10)9-11-15-12(8-13)20-16-11;/h10,14H,2-9,13H2,1H3;1H. The Labute approximate surface area is 137 Å². The Morgan fingerprint density at radius 2 is 2.23 bits per heavy atom. The van der Waals surface area contributed by atoms with Crippen LogP contribution in [-0.2, 0) is 23.1 Å². The summed E-state index contributed by atoms with van der Waals surface area (Å²) in [5.74, 6) is 1.08. The van der Waals surface area contributed by atoms with E-state index in [4.69, 9.17) is 10.3 Å². The molecular formula is C12H24ClN5O3S. The van der Waals surface area contributed by atoms with E-state index in [9.17, 15) is 8.42 Å². The van der Waals surface area contributed by atoms with Gasteiger partial charge in [0.05, 0.1) is 19.3 Å². The molecule has 8 nitrogen and oxygen atoms in total. The number of aromatic nitrogens is 2. The highest BCUT2D eigenvalue weighted by Crippen LogP contribution is 2.21. The van der Waals surface area contributed by atoms with Crippen molar-refractivity contribution in [3.05, 3.63) is 11.7 Å². The van der Waals surface area contributed by atoms with Crippen LogP contribution in [0.2, 0.25) is 0 Å². The molecule has 0 radical (unpaired) electrons. The van der Waals surface area contributed by atoms with Crippen LogP contribution < -0.4 is 10.5 Å². The van der Waals surface area contributed by atoms with E-state index in [2.05, 4.69) is 19.8 Å². The van der Waals surface area contributed by atoms with Crippen LogP contribution in [0.5, 0.6) is 0 Å². The molecule has 3 N–H and O–H groups in total. The summed E-state index contributed by atoms with van der Waals surface area (Å²) in [6.07, 6.45) is 5.33. The quantitative estimate of drug-likeness (QED) is 0.721. The minimum absolute atomic E-state index is 0. The number of likely N-dealkylation sites (tertiary alicyclic amines) is 1. The molecule has 2 rings (SSSR count). The number of halogens is 1. The Kier molecular flexibility index (Phi) is 7.70. The monoisotopic (exact) mass is 353 g/mol. The molecule has 0 spiro atoms. The van der Waals surface area contributed by atoms with Gasteiger partial charge in [-0.15, -0.1) is 12.4 Å². The maximum atomic E-state index is 11.1. The highest BCUT2D eigenvalue weighted by molar-refractivity contribution is 7.88. The Bertz CT molecular complexity index is 551. The highest BCUT2D eigenvalue weighted by atomic mass is 35.5. The van der Waals surface area contributed by atoms with Crippen molar-refractivity contribution in [1.29, 1.82) is 0 Å². The molecule has 1 aromatic rings. The zero-order valence-corrected chi connectivity index (χ0v) is 14.3. The van der Waals surface area contributed by atoms with Gasteiger partial charge in [0, 0.05) is 12.6 Å². The molecule has 1 atom stereocenters. The fourth-order valence-corrected chi connectivity index (χ4v) is 3.11. The third kappa shape index (κ3) is 6.17. The second-order valence-corrected chi connectivity index (χ2v) is 7.22. The lowest BCUT2D eigenvalue weighted by molar-refractivity contribution is 0.128. The predicted octanol–water partition coefficient (Wildman–Crippen LogP) is 0.244. The van der Waals surface area contributed by atoms with Crippen LogP contribution in [0.3, 0.4) is 0 Å². The zero-order valence-electron chi connectivity index (χ0n) is 12.7. The Balaban J connectivity index is 0.00000242. The van der Waals surface area contributed by atoms with Crippen molar-refractivity contribution in [1.82, 2.24) is 19.8 Å². The van der Waals surface area contributed by atoms with Crippen molar-refractivity contribution in [3.63, 3.8) is 0 Å². The number of hydrogen-bond acceptors (Lipinski definition) is 7. The molecule has 22 heavy (non-hydrogen) atoms. The van der Waals surface area contributed by atoms with E-state index in [-0.39, 0.29) is 19.0 Å². The first kappa shape index (κ1) is 19.3. The summed E-state index contributed by atoms with van der Waals surface area (Å²) in [5.41, 5.74) is 5.46. The summed E-state index contributed by atoms with van der Waals surface area (Å²) in [5, 5.41) is 3.92. The van der Waals surface area contributed by atoms with Crippen molar-refractivity contribution in [2.45, 2.75) is 44.8 Å². The van der Waals surface area contributed by atoms with Gasteiger partial charge in [0.1, 0.15) is 0 Å². The molecule has 2 heterocycles. The normalized spacial score (nSPS) is 19.8. The van der Waals surface area contributed by atoms with Crippen LogP contribution in [0.4, 0.5) is 0 Å². The average molecular weight is 354 g/mol. The molecule has 0 amide bonds. The van der Waals surface area contributed by atoms with Gasteiger partial charge in [0.15, 0.2) is 5.82 Å². The molecule has 1 fully saturated rings. The molecular weight excluding hydrogens is 330 g/mol. The number of piperidine rings is 1. The van der Waals surface area contributed by atoms with E-state index in [0.717, 1.165) is 25.8 Å². The lowest BCUT2D eigenvalue weighted by atomic mass is 9.99. The summed E-state index contributed by atoms with van der Waals surface area (Å²) < 4.78 is 29.8. The fraction of sp³-hybridized carbons (Fsp3) is 0.833. The van der Waals surface area contributed by atoms with Gasteiger partial charge in [-0.1, -0.05) is 11.6 Å². The van der Waals surface area contributed by atoms with Gasteiger partial charge >= 0.3 is 0 Å². The van der Waals surface area contributed by atoms with E-state index in [1.807, 2.05) is 0 Å². The van der Waals surface area contributed by atoms with Gasteiger partial charge in [-0.25, -0.2) is 13.1 Å². The average Bonchev–Trinajstić information content (AvgIpc) is 2.87. The molecule has 128 valence electrons. The molecule has 0 aromatic carbocycles. The van der Waals surface area contributed by atoms with Crippen molar-refractivity contribution in [3.8, 4) is 0 Å². The molecule has 0 aliphatic carbocycles. The number of sulfonamides is 1. The van der Waals surface area contributed by atoms with Gasteiger partial charge < -0.3 is 10.3 Å². The van der Waals surface area contributed by atoms with Crippen LogP contribution in [-0.4, -0.2) is 48.8 Å². The summed E-state index contributed by atoms with van der Waals surface area (Å²) in [4.78, 5) is 6.51. The summed E-state index contributed by atoms with van der Waals surface area (Å²) in [6, 6.07) is 0.341. The van der Waals surface area contributed by atoms with E-state index in [1.165, 1.54) is 12.7 Å². The third-order valence-corrected chi connectivity index (χ3v) is 4.35. The second kappa shape index (κ2) is 8.78. The Morgan fingerprint density at radius 1 is 1.45 bits per heavy atom. The number of nitrogens with zero attached hydrogens (tertiary/aromatic N) is 3. The van der Waals surface area contributed by atoms with E-state index < -0.39 is 10.0 Å². The molecule has 0 bridgehead atoms. The topological polar surface area (TPSA) is 114 Å². The second-order valence-electron chi connectivity index (χ2n) is 5.38. The van der Waals surface area contributed by atoms with Crippen LogP contribution in [0.1, 0.15) is 37.4 Å². The minimum Gasteiger partial charge on any atom is -0.338 e. The van der Waals surface area contributed by atoms with Crippen molar-refractivity contribution in [2.24, 2.45) is 5.73 Å². The van der Waals surface area contributed by atoms with Crippen molar-refractivity contribution in [2.75, 3.05) is 19.3 Å². The lowest BCUT2D eigenvalue weighted by Gasteiger charge is -2.34. The van der Waals surface area contributed by atoms with Gasteiger partial charge in [-0.2, -0.15) is 4.98 Å². The minimum atomic E-state index is -3.12. The number of nitrogens with one attached hydrogen (secondary N) is 1. The van der Waals surface area contributed by atoms with E-state index in [0.29, 0.717) is 30.8 Å². The first-order valence-electron chi connectivity index (χ1n) is 7.18. The van der Waals surface area contributed by atoms with Crippen LogP contribution in [0, 0.1) is 0 Å². The molecule has 1 unspecified atom stereocenters. The van der Waals surface area contributed by atoms with Gasteiger partial charge in [-0.3, -0.25) is 4.90 Å². The molecule has 10 heteroatoms. The smallest absolute Gasteiger partial charge is 0.240 e. The maximum absolute atomic E-state index is 11.1. The van der Waals surface area contributed by atoms with Crippen molar-refractivity contribution < 1.29 is 12.9 Å². The number of hydrogen-bond donors (Lipinski definition) is 2. The van der Waals surface area contributed by atoms with Crippen LogP contribution >= 0.6 is 12.4 Å². The third-order valence-electron chi connectivity index (χ3n) is 3.62. The molecule has 1 aliphatic heterocycles. The summed E-state index contributed by atoms with van der Waals surface area (Å²) >= 11 is 0. The summed E-state index contributed by atoms with van der Waals surface area (Å²) in [6.45, 7) is 2.29. The first-order chi connectivity index (χ1) is 9.98. The van der Waals surface area contributed by atoms with Gasteiger partial charge in [0.25, 0.3) is 0 Å². The van der Waals surface area contributed by atoms with Crippen LogP contribution in [0.15, 0.2) is 4.52 Å². The fourth-order valence-electron chi connectivity index (χ4n) is 2.62. The molecule has 1 saturated heterocycles. The number of rotatable bonds is 7. The maximum Gasteiger partial charge on any atom is 0.240 e. The lowest BCUT2D eigenvalue weighted by Crippen LogP contribution is -2.41. The molecule has 0 saturated carbocycles. The Morgan fingerprint density at radius 3 is 2.86 bits per heavy atom. The SMILES string of the molecule is CS(=O)(=O)NCCC1CCCCN1Cc1noc(CN)n1.Cl. The van der Waals surface area contributed by atoms with Crippen LogP contribution in [0.25, 0.3) is 0 Å². The molecule has 1 aromatic heterocycles. The molecule has 1 aliphatic rings. The largest absolute Gasteiger partial charge is 0.338 e. The number of nitrogens with two attached hydrogens (primary N) is 1. The highest BCUT2D eigenvalue weighted by Gasteiger charge is 2.24. The van der Waals surface area contributed by atoms with Gasteiger partial charge in [0.2, 0.25) is 15.9 Å². The zero-order chi connectivity index (χ0) is 15.3. The van der Waals surface area contributed by atoms with Gasteiger partial charge in [-0.05, 0) is 25.8 Å². The summed E-state index contributed by atoms with van der Waals surface area (Å²) in [7, 11) is -3.12. The predicted molar refractivity (Wildman–Crippen MR) is 84.9 cm³/mol. The van der Waals surface area contributed by atoms with E-state index >= 15 is 0 Å². The first-order valence-corrected chi connectivity index (χ1v) is 9.07.